The van der Waals surface area contributed by atoms with E-state index in [0.29, 0.717) is 18.0 Å². The highest BCUT2D eigenvalue weighted by Gasteiger charge is 2.10. The van der Waals surface area contributed by atoms with Crippen LogP contribution in [0.1, 0.15) is 33.1 Å². The monoisotopic (exact) mass is 278 g/mol. The molecule has 2 rings (SSSR count). The molecule has 4 nitrogen and oxygen atoms in total. The number of nitrogen functional groups attached to an aromatic ring is 1. The molecular formula is C16H26N2O2. The highest BCUT2D eigenvalue weighted by molar-refractivity contribution is 5.55. The lowest BCUT2D eigenvalue weighted by molar-refractivity contribution is 0.182. The van der Waals surface area contributed by atoms with E-state index in [9.17, 15) is 0 Å². The van der Waals surface area contributed by atoms with Gasteiger partial charge in [0.25, 0.3) is 0 Å². The topological polar surface area (TPSA) is 47.7 Å². The molecule has 2 N–H and O–H groups in total. The molecule has 1 aromatic carbocycles. The van der Waals surface area contributed by atoms with Crippen molar-refractivity contribution in [1.82, 2.24) is 4.90 Å². The summed E-state index contributed by atoms with van der Waals surface area (Å²) in [6.07, 6.45) is 4.11. The number of hydrogen-bond donors (Lipinski definition) is 1. The molecule has 0 aliphatic carbocycles. The Morgan fingerprint density at radius 1 is 1.20 bits per heavy atom. The van der Waals surface area contributed by atoms with Gasteiger partial charge in [0.1, 0.15) is 18.1 Å². The van der Waals surface area contributed by atoms with E-state index in [1.807, 2.05) is 32.0 Å². The van der Waals surface area contributed by atoms with E-state index in [4.69, 9.17) is 15.2 Å². The zero-order valence-corrected chi connectivity index (χ0v) is 12.6. The molecule has 0 radical (unpaired) electrons. The molecule has 0 amide bonds. The summed E-state index contributed by atoms with van der Waals surface area (Å²) in [5.41, 5.74) is 6.55. The molecule has 0 bridgehead atoms. The van der Waals surface area contributed by atoms with Crippen LogP contribution in [-0.2, 0) is 0 Å². The Hall–Kier alpha value is -1.42. The third-order valence-corrected chi connectivity index (χ3v) is 3.47. The fraction of sp³-hybridized carbons (Fsp3) is 0.625. The van der Waals surface area contributed by atoms with Crippen LogP contribution in [0.5, 0.6) is 11.5 Å². The number of rotatable bonds is 6. The van der Waals surface area contributed by atoms with Crippen molar-refractivity contribution in [2.45, 2.75) is 39.2 Å². The average molecular weight is 278 g/mol. The second-order valence-electron chi connectivity index (χ2n) is 5.62. The minimum atomic E-state index is 0.112. The predicted molar refractivity (Wildman–Crippen MR) is 82.4 cm³/mol. The van der Waals surface area contributed by atoms with E-state index < -0.39 is 0 Å². The molecule has 1 aliphatic heterocycles. The first-order valence-electron chi connectivity index (χ1n) is 7.56. The molecule has 0 unspecified atom stereocenters. The fourth-order valence-corrected chi connectivity index (χ4v) is 2.44. The maximum Gasteiger partial charge on any atom is 0.146 e. The van der Waals surface area contributed by atoms with Crippen molar-refractivity contribution in [2.24, 2.45) is 0 Å². The molecule has 0 aromatic heterocycles. The summed E-state index contributed by atoms with van der Waals surface area (Å²) in [5, 5.41) is 0. The van der Waals surface area contributed by atoms with Crippen LogP contribution in [0.2, 0.25) is 0 Å². The van der Waals surface area contributed by atoms with E-state index in [1.165, 1.54) is 32.4 Å². The standard InChI is InChI=1S/C16H26N2O2/c1-13(2)20-16-12-14(6-7-15(16)17)19-11-10-18-8-4-3-5-9-18/h6-7,12-13H,3-5,8-11,17H2,1-2H3. The predicted octanol–water partition coefficient (Wildman–Crippen LogP) is 2.92. The van der Waals surface area contributed by atoms with Gasteiger partial charge in [-0.25, -0.2) is 0 Å². The summed E-state index contributed by atoms with van der Waals surface area (Å²) < 4.78 is 11.5. The summed E-state index contributed by atoms with van der Waals surface area (Å²) in [4.78, 5) is 2.46. The largest absolute Gasteiger partial charge is 0.492 e. The number of benzene rings is 1. The van der Waals surface area contributed by atoms with Gasteiger partial charge in [0.05, 0.1) is 11.8 Å². The van der Waals surface area contributed by atoms with Gasteiger partial charge in [-0.3, -0.25) is 4.90 Å². The lowest BCUT2D eigenvalue weighted by Gasteiger charge is -2.26. The average Bonchev–Trinajstić information content (AvgIpc) is 2.43. The van der Waals surface area contributed by atoms with Crippen molar-refractivity contribution in [3.8, 4) is 11.5 Å². The molecule has 1 heterocycles. The number of nitrogens with zero attached hydrogens (tertiary/aromatic N) is 1. The highest BCUT2D eigenvalue weighted by Crippen LogP contribution is 2.27. The summed E-state index contributed by atoms with van der Waals surface area (Å²) >= 11 is 0. The molecule has 20 heavy (non-hydrogen) atoms. The normalized spacial score (nSPS) is 16.4. The van der Waals surface area contributed by atoms with Crippen molar-refractivity contribution < 1.29 is 9.47 Å². The van der Waals surface area contributed by atoms with Gasteiger partial charge in [0, 0.05) is 12.6 Å². The molecule has 1 fully saturated rings. The Kier molecular flexibility index (Phi) is 5.53. The van der Waals surface area contributed by atoms with Crippen molar-refractivity contribution in [3.05, 3.63) is 18.2 Å². The van der Waals surface area contributed by atoms with Crippen molar-refractivity contribution in [3.63, 3.8) is 0 Å². The molecule has 0 atom stereocenters. The van der Waals surface area contributed by atoms with Gasteiger partial charge in [0.15, 0.2) is 0 Å². The van der Waals surface area contributed by atoms with Crippen LogP contribution in [0.25, 0.3) is 0 Å². The third kappa shape index (κ3) is 4.60. The minimum absolute atomic E-state index is 0.112. The molecule has 4 heteroatoms. The molecule has 0 spiro atoms. The summed E-state index contributed by atoms with van der Waals surface area (Å²) in [7, 11) is 0. The van der Waals surface area contributed by atoms with Crippen molar-refractivity contribution in [1.29, 1.82) is 0 Å². The molecule has 1 aromatic rings. The first kappa shape index (κ1) is 15.0. The van der Waals surface area contributed by atoms with Gasteiger partial charge in [-0.1, -0.05) is 6.42 Å². The number of hydrogen-bond acceptors (Lipinski definition) is 4. The fourth-order valence-electron chi connectivity index (χ4n) is 2.44. The number of piperidine rings is 1. The van der Waals surface area contributed by atoms with Gasteiger partial charge in [-0.2, -0.15) is 0 Å². The van der Waals surface area contributed by atoms with E-state index in [-0.39, 0.29) is 6.10 Å². The number of ether oxygens (including phenoxy) is 2. The minimum Gasteiger partial charge on any atom is -0.492 e. The summed E-state index contributed by atoms with van der Waals surface area (Å²) in [6, 6.07) is 5.62. The van der Waals surface area contributed by atoms with Crippen molar-refractivity contribution in [2.75, 3.05) is 32.0 Å². The van der Waals surface area contributed by atoms with Gasteiger partial charge in [0.2, 0.25) is 0 Å². The highest BCUT2D eigenvalue weighted by atomic mass is 16.5. The number of nitrogens with two attached hydrogens (primary N) is 1. The quantitative estimate of drug-likeness (QED) is 0.813. The van der Waals surface area contributed by atoms with E-state index in [2.05, 4.69) is 4.90 Å². The van der Waals surface area contributed by atoms with Gasteiger partial charge in [-0.15, -0.1) is 0 Å². The Bertz CT molecular complexity index is 415. The lowest BCUT2D eigenvalue weighted by Crippen LogP contribution is -2.33. The van der Waals surface area contributed by atoms with Crippen LogP contribution in [0, 0.1) is 0 Å². The maximum absolute atomic E-state index is 5.89. The smallest absolute Gasteiger partial charge is 0.146 e. The number of anilines is 1. The van der Waals surface area contributed by atoms with Crippen LogP contribution in [0.4, 0.5) is 5.69 Å². The molecule has 0 saturated carbocycles. The lowest BCUT2D eigenvalue weighted by atomic mass is 10.1. The third-order valence-electron chi connectivity index (χ3n) is 3.47. The SMILES string of the molecule is CC(C)Oc1cc(OCCN2CCCCC2)ccc1N. The van der Waals surface area contributed by atoms with E-state index in [0.717, 1.165) is 12.3 Å². The molecular weight excluding hydrogens is 252 g/mol. The van der Waals surface area contributed by atoms with Gasteiger partial charge in [-0.05, 0) is 51.9 Å². The zero-order valence-electron chi connectivity index (χ0n) is 12.6. The second kappa shape index (κ2) is 7.39. The Morgan fingerprint density at radius 2 is 1.95 bits per heavy atom. The molecule has 1 saturated heterocycles. The van der Waals surface area contributed by atoms with Gasteiger partial charge < -0.3 is 15.2 Å². The van der Waals surface area contributed by atoms with Crippen molar-refractivity contribution >= 4 is 5.69 Å². The molecule has 1 aliphatic rings. The van der Waals surface area contributed by atoms with Crippen LogP contribution in [-0.4, -0.2) is 37.2 Å². The van der Waals surface area contributed by atoms with Crippen LogP contribution < -0.4 is 15.2 Å². The van der Waals surface area contributed by atoms with E-state index in [1.54, 1.807) is 0 Å². The summed E-state index contributed by atoms with van der Waals surface area (Å²) in [6.45, 7) is 8.09. The Morgan fingerprint density at radius 3 is 2.65 bits per heavy atom. The number of likely N-dealkylation sites (tertiary alicyclic amines) is 1. The molecule has 112 valence electrons. The van der Waals surface area contributed by atoms with Crippen LogP contribution >= 0.6 is 0 Å². The Balaban J connectivity index is 1.82. The first-order chi connectivity index (χ1) is 9.65. The van der Waals surface area contributed by atoms with Crippen LogP contribution in [0.15, 0.2) is 18.2 Å². The van der Waals surface area contributed by atoms with E-state index >= 15 is 0 Å². The first-order valence-corrected chi connectivity index (χ1v) is 7.56. The maximum atomic E-state index is 5.89. The van der Waals surface area contributed by atoms with Crippen LogP contribution in [0.3, 0.4) is 0 Å². The Labute approximate surface area is 121 Å². The second-order valence-corrected chi connectivity index (χ2v) is 5.62. The summed E-state index contributed by atoms with van der Waals surface area (Å²) in [5.74, 6) is 1.53. The zero-order chi connectivity index (χ0) is 14.4. The van der Waals surface area contributed by atoms with Gasteiger partial charge >= 0.3 is 0 Å².